The van der Waals surface area contributed by atoms with Crippen molar-refractivity contribution < 1.29 is 0 Å². The van der Waals surface area contributed by atoms with Crippen LogP contribution in [0.25, 0.3) is 0 Å². The summed E-state index contributed by atoms with van der Waals surface area (Å²) in [6.45, 7) is 6.55. The number of hydrogen-bond acceptors (Lipinski definition) is 0. The van der Waals surface area contributed by atoms with Gasteiger partial charge in [0.25, 0.3) is 0 Å². The van der Waals surface area contributed by atoms with Crippen molar-refractivity contribution in [1.82, 2.24) is 0 Å². The third-order valence-electron chi connectivity index (χ3n) is 3.51. The molecule has 0 radical (unpaired) electrons. The highest BCUT2D eigenvalue weighted by atomic mass is 14.5. The van der Waals surface area contributed by atoms with E-state index in [-0.39, 0.29) is 0 Å². The van der Waals surface area contributed by atoms with Crippen LogP contribution in [0.3, 0.4) is 0 Å². The highest BCUT2D eigenvalue weighted by Gasteiger charge is 2.44. The minimum atomic E-state index is 0.628. The normalized spacial score (nSPS) is 26.6. The fourth-order valence-corrected chi connectivity index (χ4v) is 1.99. The molecule has 2 fully saturated rings. The molecule has 0 N–H and O–H groups in total. The molecule has 0 saturated heterocycles. The van der Waals surface area contributed by atoms with Crippen molar-refractivity contribution in [3.05, 3.63) is 12.2 Å². The Balaban J connectivity index is 1.87. The quantitative estimate of drug-likeness (QED) is 0.538. The summed E-state index contributed by atoms with van der Waals surface area (Å²) in [5.41, 5.74) is 2.20. The Morgan fingerprint density at radius 1 is 1.45 bits per heavy atom. The second-order valence-electron chi connectivity index (χ2n) is 4.38. The first-order valence-corrected chi connectivity index (χ1v) is 4.95. The summed E-state index contributed by atoms with van der Waals surface area (Å²) in [5, 5.41) is 0. The molecule has 0 unspecified atom stereocenters. The fraction of sp³-hybridized carbons (Fsp3) is 0.818. The molecule has 0 spiro atoms. The highest BCUT2D eigenvalue weighted by Crippen LogP contribution is 2.56. The predicted molar refractivity (Wildman–Crippen MR) is 48.4 cm³/mol. The van der Waals surface area contributed by atoms with Crippen LogP contribution in [0.15, 0.2) is 12.2 Å². The van der Waals surface area contributed by atoms with Crippen molar-refractivity contribution in [3.8, 4) is 0 Å². The number of rotatable bonds is 4. The summed E-state index contributed by atoms with van der Waals surface area (Å²) in [7, 11) is 0. The molecule has 0 aromatic carbocycles. The van der Waals surface area contributed by atoms with Crippen LogP contribution in [-0.2, 0) is 0 Å². The Hall–Kier alpha value is -0.260. The van der Waals surface area contributed by atoms with Gasteiger partial charge in [0.1, 0.15) is 0 Å². The zero-order chi connectivity index (χ0) is 7.90. The van der Waals surface area contributed by atoms with E-state index in [1.165, 1.54) is 38.5 Å². The zero-order valence-electron chi connectivity index (χ0n) is 7.53. The van der Waals surface area contributed by atoms with E-state index in [1.807, 2.05) is 0 Å². The van der Waals surface area contributed by atoms with Gasteiger partial charge in [-0.1, -0.05) is 19.1 Å². The summed E-state index contributed by atoms with van der Waals surface area (Å²) in [5.74, 6) is 1.03. The van der Waals surface area contributed by atoms with Crippen LogP contribution in [0.5, 0.6) is 0 Å². The maximum absolute atomic E-state index is 4.24. The van der Waals surface area contributed by atoms with E-state index in [0.29, 0.717) is 5.41 Å². The molecule has 2 saturated carbocycles. The second kappa shape index (κ2) is 2.36. The minimum absolute atomic E-state index is 0.628. The van der Waals surface area contributed by atoms with E-state index in [0.717, 1.165) is 5.92 Å². The molecule has 0 bridgehead atoms. The van der Waals surface area contributed by atoms with Gasteiger partial charge in [-0.3, -0.25) is 0 Å². The minimum Gasteiger partial charge on any atom is -0.0993 e. The SMILES string of the molecule is C=C(CC1CC1)C1(CC)CC1. The Labute approximate surface area is 69.7 Å². The summed E-state index contributed by atoms with van der Waals surface area (Å²) in [6, 6.07) is 0. The first kappa shape index (κ1) is 7.39. The lowest BCUT2D eigenvalue weighted by Gasteiger charge is -2.15. The first-order chi connectivity index (χ1) is 5.27. The molecule has 0 nitrogen and oxygen atoms in total. The molecule has 0 aliphatic heterocycles. The van der Waals surface area contributed by atoms with Crippen molar-refractivity contribution in [2.75, 3.05) is 0 Å². The standard InChI is InChI=1S/C11H18/c1-3-11(6-7-11)9(2)8-10-4-5-10/h10H,2-8H2,1H3. The monoisotopic (exact) mass is 150 g/mol. The summed E-state index contributed by atoms with van der Waals surface area (Å²) >= 11 is 0. The average Bonchev–Trinajstić information content (AvgIpc) is 2.84. The Bertz CT molecular complexity index is 170. The van der Waals surface area contributed by atoms with Gasteiger partial charge >= 0.3 is 0 Å². The lowest BCUT2D eigenvalue weighted by Crippen LogP contribution is -2.02. The van der Waals surface area contributed by atoms with Gasteiger partial charge in [-0.2, -0.15) is 0 Å². The van der Waals surface area contributed by atoms with Crippen molar-refractivity contribution in [1.29, 1.82) is 0 Å². The van der Waals surface area contributed by atoms with Crippen molar-refractivity contribution in [2.24, 2.45) is 11.3 Å². The number of allylic oxidation sites excluding steroid dienone is 1. The van der Waals surface area contributed by atoms with E-state index in [1.54, 1.807) is 5.57 Å². The van der Waals surface area contributed by atoms with E-state index >= 15 is 0 Å². The van der Waals surface area contributed by atoms with Gasteiger partial charge in [0, 0.05) is 0 Å². The van der Waals surface area contributed by atoms with Crippen molar-refractivity contribution >= 4 is 0 Å². The third kappa shape index (κ3) is 1.36. The maximum Gasteiger partial charge on any atom is -0.00926 e. The van der Waals surface area contributed by atoms with Gasteiger partial charge in [-0.15, -0.1) is 0 Å². The average molecular weight is 150 g/mol. The highest BCUT2D eigenvalue weighted by molar-refractivity contribution is 5.19. The molecule has 0 heterocycles. The lowest BCUT2D eigenvalue weighted by molar-refractivity contribution is 0.546. The van der Waals surface area contributed by atoms with E-state index < -0.39 is 0 Å². The molecular formula is C11H18. The third-order valence-corrected chi connectivity index (χ3v) is 3.51. The molecule has 0 heteroatoms. The molecule has 2 rings (SSSR count). The smallest absolute Gasteiger partial charge is 0.00926 e. The van der Waals surface area contributed by atoms with Gasteiger partial charge in [0.15, 0.2) is 0 Å². The molecule has 0 amide bonds. The van der Waals surface area contributed by atoms with Crippen LogP contribution in [0.1, 0.15) is 45.4 Å². The zero-order valence-corrected chi connectivity index (χ0v) is 7.53. The van der Waals surface area contributed by atoms with Crippen LogP contribution in [0.4, 0.5) is 0 Å². The molecule has 0 aromatic heterocycles. The van der Waals surface area contributed by atoms with Crippen molar-refractivity contribution in [2.45, 2.75) is 45.4 Å². The van der Waals surface area contributed by atoms with Gasteiger partial charge in [0.05, 0.1) is 0 Å². The van der Waals surface area contributed by atoms with Crippen LogP contribution in [0.2, 0.25) is 0 Å². The predicted octanol–water partition coefficient (Wildman–Crippen LogP) is 3.53. The van der Waals surface area contributed by atoms with Gasteiger partial charge in [0.2, 0.25) is 0 Å². The van der Waals surface area contributed by atoms with Crippen LogP contribution in [-0.4, -0.2) is 0 Å². The van der Waals surface area contributed by atoms with Crippen molar-refractivity contribution in [3.63, 3.8) is 0 Å². The molecule has 2 aliphatic rings. The number of hydrogen-bond donors (Lipinski definition) is 0. The molecule has 62 valence electrons. The Kier molecular flexibility index (Phi) is 1.59. The van der Waals surface area contributed by atoms with Crippen LogP contribution < -0.4 is 0 Å². The summed E-state index contributed by atoms with van der Waals surface area (Å²) < 4.78 is 0. The topological polar surface area (TPSA) is 0 Å². The van der Waals surface area contributed by atoms with Gasteiger partial charge in [-0.05, 0) is 49.9 Å². The lowest BCUT2D eigenvalue weighted by atomic mass is 9.90. The van der Waals surface area contributed by atoms with Gasteiger partial charge < -0.3 is 0 Å². The van der Waals surface area contributed by atoms with Gasteiger partial charge in [-0.25, -0.2) is 0 Å². The fourth-order valence-electron chi connectivity index (χ4n) is 1.99. The Morgan fingerprint density at radius 3 is 2.45 bits per heavy atom. The largest absolute Gasteiger partial charge is 0.0993 e. The van der Waals surface area contributed by atoms with Crippen LogP contribution in [0, 0.1) is 11.3 Å². The maximum atomic E-state index is 4.24. The Morgan fingerprint density at radius 2 is 2.09 bits per heavy atom. The van der Waals surface area contributed by atoms with E-state index in [9.17, 15) is 0 Å². The molecule has 2 aliphatic carbocycles. The molecule has 0 aromatic rings. The van der Waals surface area contributed by atoms with E-state index in [4.69, 9.17) is 0 Å². The second-order valence-corrected chi connectivity index (χ2v) is 4.38. The van der Waals surface area contributed by atoms with E-state index in [2.05, 4.69) is 13.5 Å². The first-order valence-electron chi connectivity index (χ1n) is 4.95. The molecule has 11 heavy (non-hydrogen) atoms. The summed E-state index contributed by atoms with van der Waals surface area (Å²) in [4.78, 5) is 0. The molecule has 0 atom stereocenters. The summed E-state index contributed by atoms with van der Waals surface area (Å²) in [6.07, 6.45) is 8.47. The van der Waals surface area contributed by atoms with Crippen LogP contribution >= 0.6 is 0 Å². The molecular weight excluding hydrogens is 132 g/mol.